The Kier molecular flexibility index (Phi) is 4.66. The number of unbranched alkanes of at least 4 members (excludes halogenated alkanes) is 1. The fraction of sp³-hybridized carbons (Fsp3) is 0.750. The van der Waals surface area contributed by atoms with Gasteiger partial charge < -0.3 is 5.11 Å². The highest BCUT2D eigenvalue weighted by Gasteiger charge is 2.23. The molecule has 1 aliphatic rings. The van der Waals surface area contributed by atoms with Crippen molar-refractivity contribution in [3.05, 3.63) is 0 Å². The number of rotatable bonds is 5. The maximum absolute atomic E-state index is 10.8. The fourth-order valence-corrected chi connectivity index (χ4v) is 3.70. The number of carbonyl (C=O) groups is 2. The predicted molar refractivity (Wildman–Crippen MR) is 54.7 cm³/mol. The van der Waals surface area contributed by atoms with Gasteiger partial charge in [-0.1, -0.05) is 17.2 Å². The smallest absolute Gasteiger partial charge is 0.303 e. The minimum atomic E-state index is -0.732. The maximum atomic E-state index is 10.8. The highest BCUT2D eigenvalue weighted by atomic mass is 33.1. The molecule has 0 spiro atoms. The minimum Gasteiger partial charge on any atom is -0.481 e. The van der Waals surface area contributed by atoms with E-state index in [2.05, 4.69) is 0 Å². The quantitative estimate of drug-likeness (QED) is 0.569. The SMILES string of the molecule is O=C(O)CCCCC1CC(=O)SS1. The van der Waals surface area contributed by atoms with Gasteiger partial charge in [0.1, 0.15) is 0 Å². The standard InChI is InChI=1S/C8H12O3S2/c9-7(10)4-2-1-3-6-5-8(11)13-12-6/h6H,1-5H2,(H,9,10). The molecule has 0 bridgehead atoms. The van der Waals surface area contributed by atoms with Gasteiger partial charge in [0.15, 0.2) is 0 Å². The van der Waals surface area contributed by atoms with Crippen LogP contribution in [0.2, 0.25) is 0 Å². The van der Waals surface area contributed by atoms with E-state index in [0.29, 0.717) is 11.7 Å². The molecule has 3 nitrogen and oxygen atoms in total. The monoisotopic (exact) mass is 220 g/mol. The molecule has 1 heterocycles. The number of hydrogen-bond acceptors (Lipinski definition) is 4. The molecule has 1 N–H and O–H groups in total. The van der Waals surface area contributed by atoms with Gasteiger partial charge in [-0.3, -0.25) is 9.59 Å². The van der Waals surface area contributed by atoms with Gasteiger partial charge in [-0.25, -0.2) is 0 Å². The Hall–Kier alpha value is -0.160. The largest absolute Gasteiger partial charge is 0.481 e. The molecular formula is C8H12O3S2. The average Bonchev–Trinajstić information content (AvgIpc) is 2.45. The van der Waals surface area contributed by atoms with Crippen molar-refractivity contribution < 1.29 is 14.7 Å². The fourth-order valence-electron chi connectivity index (χ4n) is 1.17. The summed E-state index contributed by atoms with van der Waals surface area (Å²) in [5.41, 5.74) is 0. The van der Waals surface area contributed by atoms with Crippen molar-refractivity contribution >= 4 is 32.7 Å². The number of carbonyl (C=O) groups excluding carboxylic acids is 1. The van der Waals surface area contributed by atoms with Crippen LogP contribution in [0.1, 0.15) is 32.1 Å². The van der Waals surface area contributed by atoms with Crippen molar-refractivity contribution in [2.24, 2.45) is 0 Å². The van der Waals surface area contributed by atoms with E-state index in [1.54, 1.807) is 10.8 Å². The lowest BCUT2D eigenvalue weighted by molar-refractivity contribution is -0.137. The molecule has 5 heteroatoms. The summed E-state index contributed by atoms with van der Waals surface area (Å²) < 4.78 is 0. The summed E-state index contributed by atoms with van der Waals surface area (Å²) >= 11 is 0. The Balaban J connectivity index is 2.00. The minimum absolute atomic E-state index is 0.248. The Morgan fingerprint density at radius 3 is 2.85 bits per heavy atom. The molecule has 1 atom stereocenters. The van der Waals surface area contributed by atoms with Crippen LogP contribution in [0.5, 0.6) is 0 Å². The second-order valence-corrected chi connectivity index (χ2v) is 5.58. The zero-order valence-corrected chi connectivity index (χ0v) is 8.83. The van der Waals surface area contributed by atoms with Crippen LogP contribution in [0.4, 0.5) is 0 Å². The number of aliphatic carboxylic acids is 1. The molecule has 0 radical (unpaired) electrons. The number of carboxylic acid groups (broad SMARTS) is 1. The molecular weight excluding hydrogens is 208 g/mol. The lowest BCUT2D eigenvalue weighted by Gasteiger charge is -2.03. The molecule has 0 amide bonds. The van der Waals surface area contributed by atoms with Crippen LogP contribution in [0, 0.1) is 0 Å². The van der Waals surface area contributed by atoms with E-state index in [4.69, 9.17) is 5.11 Å². The van der Waals surface area contributed by atoms with E-state index >= 15 is 0 Å². The van der Waals surface area contributed by atoms with Gasteiger partial charge in [-0.05, 0) is 23.6 Å². The number of hydrogen-bond donors (Lipinski definition) is 1. The maximum Gasteiger partial charge on any atom is 0.303 e. The highest BCUT2D eigenvalue weighted by Crippen LogP contribution is 2.41. The van der Waals surface area contributed by atoms with E-state index in [9.17, 15) is 9.59 Å². The molecule has 0 saturated carbocycles. The van der Waals surface area contributed by atoms with Crippen LogP contribution in [0.3, 0.4) is 0 Å². The second-order valence-electron chi connectivity index (χ2n) is 3.02. The van der Waals surface area contributed by atoms with Crippen molar-refractivity contribution in [1.29, 1.82) is 0 Å². The molecule has 1 unspecified atom stereocenters. The molecule has 1 rings (SSSR count). The van der Waals surface area contributed by atoms with E-state index in [1.165, 1.54) is 10.8 Å². The Morgan fingerprint density at radius 2 is 2.31 bits per heavy atom. The molecule has 0 aromatic heterocycles. The van der Waals surface area contributed by atoms with Crippen LogP contribution in [-0.2, 0) is 9.59 Å². The Labute approximate surface area is 85.1 Å². The average molecular weight is 220 g/mol. The lowest BCUT2D eigenvalue weighted by atomic mass is 10.1. The zero-order valence-electron chi connectivity index (χ0n) is 7.19. The third kappa shape index (κ3) is 4.57. The first-order valence-corrected chi connectivity index (χ1v) is 6.47. The van der Waals surface area contributed by atoms with Gasteiger partial charge in [0.25, 0.3) is 0 Å². The van der Waals surface area contributed by atoms with Crippen molar-refractivity contribution in [3.8, 4) is 0 Å². The van der Waals surface area contributed by atoms with Crippen molar-refractivity contribution in [2.75, 3.05) is 0 Å². The van der Waals surface area contributed by atoms with E-state index in [1.807, 2.05) is 0 Å². The van der Waals surface area contributed by atoms with Gasteiger partial charge in [-0.2, -0.15) is 0 Å². The Morgan fingerprint density at radius 1 is 1.54 bits per heavy atom. The van der Waals surface area contributed by atoms with Gasteiger partial charge in [0.2, 0.25) is 5.12 Å². The molecule has 1 aliphatic heterocycles. The van der Waals surface area contributed by atoms with E-state index in [0.717, 1.165) is 19.3 Å². The first-order valence-electron chi connectivity index (χ1n) is 4.26. The Bertz CT molecular complexity index is 206. The highest BCUT2D eigenvalue weighted by molar-refractivity contribution is 8.83. The first kappa shape index (κ1) is 10.9. The number of carboxylic acids is 1. The molecule has 0 aromatic rings. The summed E-state index contributed by atoms with van der Waals surface area (Å²) in [6.07, 6.45) is 3.51. The van der Waals surface area contributed by atoms with Crippen LogP contribution >= 0.6 is 21.6 Å². The van der Waals surface area contributed by atoms with Crippen LogP contribution in [0.15, 0.2) is 0 Å². The first-order chi connectivity index (χ1) is 6.18. The molecule has 74 valence electrons. The molecule has 1 saturated heterocycles. The van der Waals surface area contributed by atoms with Crippen molar-refractivity contribution in [3.63, 3.8) is 0 Å². The molecule has 1 fully saturated rings. The lowest BCUT2D eigenvalue weighted by Crippen LogP contribution is -2.00. The van der Waals surface area contributed by atoms with Gasteiger partial charge >= 0.3 is 5.97 Å². The topological polar surface area (TPSA) is 54.4 Å². The van der Waals surface area contributed by atoms with Crippen LogP contribution in [0.25, 0.3) is 0 Å². The van der Waals surface area contributed by atoms with Gasteiger partial charge in [0.05, 0.1) is 0 Å². The normalized spacial score (nSPS) is 22.2. The van der Waals surface area contributed by atoms with Gasteiger partial charge in [0, 0.05) is 18.1 Å². The van der Waals surface area contributed by atoms with Crippen LogP contribution < -0.4 is 0 Å². The summed E-state index contributed by atoms with van der Waals surface area (Å²) in [6, 6.07) is 0. The summed E-state index contributed by atoms with van der Waals surface area (Å²) in [5, 5.41) is 9.06. The summed E-state index contributed by atoms with van der Waals surface area (Å²) in [7, 11) is 2.96. The third-order valence-corrected chi connectivity index (χ3v) is 4.62. The summed E-state index contributed by atoms with van der Waals surface area (Å²) in [6.45, 7) is 0. The van der Waals surface area contributed by atoms with Crippen molar-refractivity contribution in [1.82, 2.24) is 0 Å². The third-order valence-electron chi connectivity index (χ3n) is 1.84. The van der Waals surface area contributed by atoms with Crippen LogP contribution in [-0.4, -0.2) is 21.4 Å². The zero-order chi connectivity index (χ0) is 9.68. The summed E-state index contributed by atoms with van der Waals surface area (Å²) in [4.78, 5) is 21.0. The van der Waals surface area contributed by atoms with Gasteiger partial charge in [-0.15, -0.1) is 0 Å². The van der Waals surface area contributed by atoms with E-state index < -0.39 is 5.97 Å². The molecule has 0 aromatic carbocycles. The summed E-state index contributed by atoms with van der Waals surface area (Å²) in [5.74, 6) is -0.732. The molecule has 13 heavy (non-hydrogen) atoms. The van der Waals surface area contributed by atoms with Crippen molar-refractivity contribution in [2.45, 2.75) is 37.4 Å². The molecule has 0 aliphatic carbocycles. The van der Waals surface area contributed by atoms with E-state index in [-0.39, 0.29) is 11.5 Å². The predicted octanol–water partition coefficient (Wildman–Crippen LogP) is 2.31. The second kappa shape index (κ2) is 5.54.